The van der Waals surface area contributed by atoms with Gasteiger partial charge < -0.3 is 5.32 Å². The molecule has 0 aliphatic heterocycles. The number of nitrogens with one attached hydrogen (secondary N) is 1. The Hall–Kier alpha value is -0.910. The predicted molar refractivity (Wildman–Crippen MR) is 86.1 cm³/mol. The number of hydrogen-bond donors (Lipinski definition) is 1. The summed E-state index contributed by atoms with van der Waals surface area (Å²) in [5, 5.41) is 7.71. The van der Waals surface area contributed by atoms with Crippen LogP contribution in [0.25, 0.3) is 0 Å². The van der Waals surface area contributed by atoms with Gasteiger partial charge in [0.05, 0.1) is 11.0 Å². The molecule has 5 nitrogen and oxygen atoms in total. The summed E-state index contributed by atoms with van der Waals surface area (Å²) in [6.45, 7) is 2.90. The molecule has 4 saturated carbocycles. The van der Waals surface area contributed by atoms with Crippen molar-refractivity contribution in [3.05, 3.63) is 11.1 Å². The summed E-state index contributed by atoms with van der Waals surface area (Å²) >= 11 is 3.37. The van der Waals surface area contributed by atoms with E-state index in [1.807, 2.05) is 6.33 Å². The first kappa shape index (κ1) is 14.7. The first-order valence-corrected chi connectivity index (χ1v) is 9.20. The molecule has 0 radical (unpaired) electrons. The van der Waals surface area contributed by atoms with Crippen LogP contribution in [-0.4, -0.2) is 27.2 Å². The lowest BCUT2D eigenvalue weighted by Gasteiger charge is -2.60. The van der Waals surface area contributed by atoms with Crippen LogP contribution in [0.5, 0.6) is 0 Å². The average molecular weight is 367 g/mol. The van der Waals surface area contributed by atoms with Crippen LogP contribution in [0.1, 0.15) is 51.9 Å². The minimum Gasteiger partial charge on any atom is -0.356 e. The molecule has 2 atom stereocenters. The minimum atomic E-state index is -0.169. The van der Waals surface area contributed by atoms with Gasteiger partial charge in [0.2, 0.25) is 10.6 Å². The minimum absolute atomic E-state index is 0.00661. The van der Waals surface area contributed by atoms with Crippen LogP contribution in [0.15, 0.2) is 11.1 Å². The lowest BCUT2D eigenvalue weighted by Crippen LogP contribution is -2.61. The molecule has 1 aromatic rings. The molecular formula is C16H23BrN4O. The van der Waals surface area contributed by atoms with Gasteiger partial charge >= 0.3 is 0 Å². The number of carbonyl (C=O) groups is 1. The fourth-order valence-corrected chi connectivity index (χ4v) is 5.91. The molecule has 1 N–H and O–H groups in total. The van der Waals surface area contributed by atoms with Gasteiger partial charge in [-0.15, -0.1) is 5.10 Å². The van der Waals surface area contributed by atoms with Gasteiger partial charge in [0, 0.05) is 6.54 Å². The SMILES string of the molecule is CCCNC(=O)C12C[C@H]3C[C@H](C1)CC(n1cnc(Br)n1)(C3)C2. The molecule has 0 spiro atoms. The van der Waals surface area contributed by atoms with Crippen molar-refractivity contribution in [3.8, 4) is 0 Å². The van der Waals surface area contributed by atoms with Crippen molar-refractivity contribution in [2.24, 2.45) is 17.3 Å². The molecule has 0 unspecified atom stereocenters. The molecule has 0 aromatic carbocycles. The number of amides is 1. The van der Waals surface area contributed by atoms with Crippen LogP contribution < -0.4 is 5.32 Å². The largest absolute Gasteiger partial charge is 0.356 e. The van der Waals surface area contributed by atoms with Crippen LogP contribution in [-0.2, 0) is 10.3 Å². The third-order valence-corrected chi connectivity index (χ3v) is 6.36. The van der Waals surface area contributed by atoms with E-state index < -0.39 is 0 Å². The highest BCUT2D eigenvalue weighted by atomic mass is 79.9. The highest BCUT2D eigenvalue weighted by Gasteiger charge is 2.61. The maximum absolute atomic E-state index is 12.9. The van der Waals surface area contributed by atoms with Gasteiger partial charge in [0.25, 0.3) is 0 Å². The molecule has 1 amide bonds. The van der Waals surface area contributed by atoms with Crippen molar-refractivity contribution in [2.75, 3.05) is 6.54 Å². The third-order valence-electron chi connectivity index (χ3n) is 6.00. The molecule has 0 saturated heterocycles. The van der Waals surface area contributed by atoms with Crippen LogP contribution >= 0.6 is 15.9 Å². The summed E-state index contributed by atoms with van der Waals surface area (Å²) < 4.78 is 2.70. The molecule has 120 valence electrons. The van der Waals surface area contributed by atoms with Crippen molar-refractivity contribution in [1.82, 2.24) is 20.1 Å². The standard InChI is InChI=1S/C16H23BrN4O/c1-2-3-18-13(22)15-5-11-4-12(6-15)8-16(7-11,9-15)21-10-19-14(17)20-21/h10-12H,2-9H2,1H3,(H,18,22)/t11-,12-,15?,16?/m1/s1. The maximum Gasteiger partial charge on any atom is 0.226 e. The average Bonchev–Trinajstić information content (AvgIpc) is 2.91. The van der Waals surface area contributed by atoms with Gasteiger partial charge in [0.15, 0.2) is 0 Å². The Bertz CT molecular complexity index is 585. The number of halogens is 1. The second-order valence-electron chi connectivity index (χ2n) is 7.68. The van der Waals surface area contributed by atoms with Gasteiger partial charge in [-0.3, -0.25) is 4.79 Å². The second-order valence-corrected chi connectivity index (χ2v) is 8.39. The van der Waals surface area contributed by atoms with Crippen LogP contribution in [0.2, 0.25) is 0 Å². The predicted octanol–water partition coefficient (Wildman–Crippen LogP) is 2.86. The summed E-state index contributed by atoms with van der Waals surface area (Å²) in [5.74, 6) is 1.61. The van der Waals surface area contributed by atoms with Gasteiger partial charge in [-0.05, 0) is 72.7 Å². The fraction of sp³-hybridized carbons (Fsp3) is 0.812. The molecule has 5 rings (SSSR count). The summed E-state index contributed by atoms with van der Waals surface area (Å²) in [6.07, 6.45) is 9.50. The van der Waals surface area contributed by atoms with E-state index in [1.165, 1.54) is 6.42 Å². The monoisotopic (exact) mass is 366 g/mol. The van der Waals surface area contributed by atoms with Gasteiger partial charge in [-0.2, -0.15) is 0 Å². The Balaban J connectivity index is 1.67. The highest BCUT2D eigenvalue weighted by Crippen LogP contribution is 2.64. The Morgan fingerprint density at radius 3 is 2.73 bits per heavy atom. The summed E-state index contributed by atoms with van der Waals surface area (Å²) in [6, 6.07) is 0. The van der Waals surface area contributed by atoms with Crippen molar-refractivity contribution in [3.63, 3.8) is 0 Å². The first-order valence-electron chi connectivity index (χ1n) is 8.41. The molecule has 22 heavy (non-hydrogen) atoms. The molecular weight excluding hydrogens is 344 g/mol. The maximum atomic E-state index is 12.9. The molecule has 1 heterocycles. The Morgan fingerprint density at radius 2 is 2.14 bits per heavy atom. The van der Waals surface area contributed by atoms with E-state index >= 15 is 0 Å². The van der Waals surface area contributed by atoms with Crippen molar-refractivity contribution in [1.29, 1.82) is 0 Å². The Morgan fingerprint density at radius 1 is 1.41 bits per heavy atom. The van der Waals surface area contributed by atoms with Gasteiger partial charge in [0.1, 0.15) is 6.33 Å². The molecule has 1 aromatic heterocycles. The number of aromatic nitrogens is 3. The molecule has 4 aliphatic carbocycles. The van der Waals surface area contributed by atoms with E-state index in [0.29, 0.717) is 16.6 Å². The van der Waals surface area contributed by atoms with E-state index in [-0.39, 0.29) is 16.9 Å². The quantitative estimate of drug-likeness (QED) is 0.890. The summed E-state index contributed by atoms with van der Waals surface area (Å²) in [5.41, 5.74) is -0.162. The van der Waals surface area contributed by atoms with E-state index in [4.69, 9.17) is 0 Å². The van der Waals surface area contributed by atoms with E-state index in [2.05, 4.69) is 42.9 Å². The molecule has 4 aliphatic rings. The van der Waals surface area contributed by atoms with Crippen LogP contribution in [0.4, 0.5) is 0 Å². The van der Waals surface area contributed by atoms with Crippen LogP contribution in [0, 0.1) is 17.3 Å². The number of nitrogens with zero attached hydrogens (tertiary/aromatic N) is 3. The topological polar surface area (TPSA) is 59.8 Å². The first-order chi connectivity index (χ1) is 10.6. The zero-order valence-corrected chi connectivity index (χ0v) is 14.6. The Labute approximate surface area is 139 Å². The summed E-state index contributed by atoms with van der Waals surface area (Å²) in [4.78, 5) is 17.1. The number of hydrogen-bond acceptors (Lipinski definition) is 3. The highest BCUT2D eigenvalue weighted by molar-refractivity contribution is 9.10. The summed E-state index contributed by atoms with van der Waals surface area (Å²) in [7, 11) is 0. The normalized spacial score (nSPS) is 39.2. The van der Waals surface area contributed by atoms with Crippen molar-refractivity contribution >= 4 is 21.8 Å². The van der Waals surface area contributed by atoms with E-state index in [0.717, 1.165) is 45.1 Å². The fourth-order valence-electron chi connectivity index (χ4n) is 5.65. The van der Waals surface area contributed by atoms with Crippen molar-refractivity contribution < 1.29 is 4.79 Å². The van der Waals surface area contributed by atoms with Gasteiger partial charge in [-0.1, -0.05) is 6.92 Å². The number of carbonyl (C=O) groups excluding carboxylic acids is 1. The number of rotatable bonds is 4. The Kier molecular flexibility index (Phi) is 3.36. The zero-order chi connectivity index (χ0) is 15.4. The van der Waals surface area contributed by atoms with E-state index in [9.17, 15) is 4.79 Å². The zero-order valence-electron chi connectivity index (χ0n) is 13.0. The lowest BCUT2D eigenvalue weighted by molar-refractivity contribution is -0.156. The second kappa shape index (κ2) is 5.05. The molecule has 4 bridgehead atoms. The van der Waals surface area contributed by atoms with Gasteiger partial charge in [-0.25, -0.2) is 9.67 Å². The van der Waals surface area contributed by atoms with E-state index in [1.54, 1.807) is 0 Å². The molecule has 6 heteroatoms. The lowest BCUT2D eigenvalue weighted by atomic mass is 9.46. The van der Waals surface area contributed by atoms with Crippen LogP contribution in [0.3, 0.4) is 0 Å². The smallest absolute Gasteiger partial charge is 0.226 e. The van der Waals surface area contributed by atoms with Crippen molar-refractivity contribution in [2.45, 2.75) is 57.4 Å². The molecule has 4 fully saturated rings. The third kappa shape index (κ3) is 2.14.